The quantitative estimate of drug-likeness (QED) is 0.297. The number of carbonyl (C=O) groups is 1. The van der Waals surface area contributed by atoms with E-state index in [0.717, 1.165) is 44.6 Å². The maximum atomic E-state index is 12.8. The van der Waals surface area contributed by atoms with E-state index in [4.69, 9.17) is 39.5 Å². The average molecular weight is 498 g/mol. The Bertz CT molecular complexity index is 1450. The second-order valence-corrected chi connectivity index (χ2v) is 9.19. The molecule has 1 aliphatic rings. The molecule has 7 heteroatoms. The Morgan fingerprint density at radius 3 is 2.45 bits per heavy atom. The van der Waals surface area contributed by atoms with Crippen molar-refractivity contribution in [3.63, 3.8) is 0 Å². The normalized spacial score (nSPS) is 14.1. The molecule has 1 aromatic heterocycles. The minimum atomic E-state index is -0.194. The third-order valence-corrected chi connectivity index (χ3v) is 6.76. The van der Waals surface area contributed by atoms with Gasteiger partial charge in [0.15, 0.2) is 0 Å². The van der Waals surface area contributed by atoms with Crippen molar-refractivity contribution in [2.24, 2.45) is 0 Å². The van der Waals surface area contributed by atoms with Gasteiger partial charge in [-0.2, -0.15) is 0 Å². The van der Waals surface area contributed by atoms with E-state index in [1.165, 1.54) is 0 Å². The standard InChI is InChI=1S/C26H19Cl3N2O2/c1-14-9-23-19(12-24(14)33-2)20(25(29)31(23)13-15-3-5-16(27)6-4-15)11-21-18-10-17(28)7-8-22(18)30-26(21)32/h3-12H,13H2,1-2H3,(H,30,32)/b21-11+. The van der Waals surface area contributed by atoms with Crippen molar-refractivity contribution in [2.75, 3.05) is 12.4 Å². The summed E-state index contributed by atoms with van der Waals surface area (Å²) in [4.78, 5) is 12.8. The predicted octanol–water partition coefficient (Wildman–Crippen LogP) is 7.46. The van der Waals surface area contributed by atoms with Crippen LogP contribution < -0.4 is 10.1 Å². The maximum Gasteiger partial charge on any atom is 0.256 e. The fourth-order valence-electron chi connectivity index (χ4n) is 4.21. The van der Waals surface area contributed by atoms with Gasteiger partial charge in [0.2, 0.25) is 0 Å². The SMILES string of the molecule is COc1cc2c(/C=C3/C(=O)Nc4ccc(Cl)cc43)c(Cl)n(Cc3ccc(Cl)cc3)c2cc1C. The Morgan fingerprint density at radius 1 is 1.00 bits per heavy atom. The largest absolute Gasteiger partial charge is 0.496 e. The third kappa shape index (κ3) is 3.89. The summed E-state index contributed by atoms with van der Waals surface area (Å²) >= 11 is 19.2. The maximum absolute atomic E-state index is 12.8. The number of nitrogens with one attached hydrogen (secondary N) is 1. The van der Waals surface area contributed by atoms with Gasteiger partial charge in [-0.25, -0.2) is 0 Å². The molecule has 0 atom stereocenters. The minimum absolute atomic E-state index is 0.194. The number of nitrogens with zero attached hydrogens (tertiary/aromatic N) is 1. The Hall–Kier alpha value is -2.92. The summed E-state index contributed by atoms with van der Waals surface area (Å²) in [5.74, 6) is 0.558. The summed E-state index contributed by atoms with van der Waals surface area (Å²) in [5.41, 5.74) is 5.74. The Kier molecular flexibility index (Phi) is 5.61. The predicted molar refractivity (Wildman–Crippen MR) is 137 cm³/mol. The highest BCUT2D eigenvalue weighted by Gasteiger charge is 2.26. The van der Waals surface area contributed by atoms with E-state index in [2.05, 4.69) is 11.4 Å². The zero-order valence-corrected chi connectivity index (χ0v) is 20.1. The van der Waals surface area contributed by atoms with E-state index >= 15 is 0 Å². The summed E-state index contributed by atoms with van der Waals surface area (Å²) in [5, 5.41) is 5.56. The van der Waals surface area contributed by atoms with Crippen LogP contribution in [0.1, 0.15) is 22.3 Å². The number of anilines is 1. The van der Waals surface area contributed by atoms with Gasteiger partial charge in [0, 0.05) is 44.4 Å². The zero-order chi connectivity index (χ0) is 23.3. The number of halogens is 3. The number of rotatable bonds is 4. The van der Waals surface area contributed by atoms with Gasteiger partial charge in [-0.05, 0) is 66.6 Å². The smallest absolute Gasteiger partial charge is 0.256 e. The van der Waals surface area contributed by atoms with Crippen molar-refractivity contribution in [2.45, 2.75) is 13.5 Å². The van der Waals surface area contributed by atoms with Gasteiger partial charge >= 0.3 is 0 Å². The number of fused-ring (bicyclic) bond motifs is 2. The lowest BCUT2D eigenvalue weighted by molar-refractivity contribution is -0.110. The number of aryl methyl sites for hydroxylation is 1. The van der Waals surface area contributed by atoms with Crippen LogP contribution in [0.4, 0.5) is 5.69 Å². The van der Waals surface area contributed by atoms with Gasteiger partial charge in [-0.3, -0.25) is 4.79 Å². The summed E-state index contributed by atoms with van der Waals surface area (Å²) in [7, 11) is 1.64. The van der Waals surface area contributed by atoms with E-state index < -0.39 is 0 Å². The lowest BCUT2D eigenvalue weighted by Gasteiger charge is -2.09. The molecule has 3 aromatic carbocycles. The van der Waals surface area contributed by atoms with Crippen molar-refractivity contribution >= 4 is 68.9 Å². The Labute approximate surface area is 206 Å². The van der Waals surface area contributed by atoms with Crippen molar-refractivity contribution < 1.29 is 9.53 Å². The third-order valence-electron chi connectivity index (χ3n) is 5.86. The molecule has 0 saturated heterocycles. The molecule has 1 amide bonds. The molecule has 0 aliphatic carbocycles. The van der Waals surface area contributed by atoms with Crippen molar-refractivity contribution in [3.8, 4) is 5.75 Å². The number of hydrogen-bond donors (Lipinski definition) is 1. The van der Waals surface area contributed by atoms with Crippen LogP contribution in [0.5, 0.6) is 5.75 Å². The van der Waals surface area contributed by atoms with E-state index in [-0.39, 0.29) is 5.91 Å². The highest BCUT2D eigenvalue weighted by molar-refractivity contribution is 6.39. The van der Waals surface area contributed by atoms with E-state index in [1.807, 2.05) is 47.9 Å². The molecule has 2 heterocycles. The molecule has 0 bridgehead atoms. The Morgan fingerprint density at radius 2 is 1.73 bits per heavy atom. The number of carbonyl (C=O) groups excluding carboxylic acids is 1. The molecular weight excluding hydrogens is 479 g/mol. The average Bonchev–Trinajstić information content (AvgIpc) is 3.23. The summed E-state index contributed by atoms with van der Waals surface area (Å²) in [6.07, 6.45) is 1.83. The monoisotopic (exact) mass is 496 g/mol. The van der Waals surface area contributed by atoms with Crippen LogP contribution in [-0.2, 0) is 11.3 Å². The fourth-order valence-corrected chi connectivity index (χ4v) is 4.81. The molecular formula is C26H19Cl3N2O2. The molecule has 0 radical (unpaired) electrons. The summed E-state index contributed by atoms with van der Waals surface area (Å²) < 4.78 is 7.60. The van der Waals surface area contributed by atoms with E-state index in [9.17, 15) is 4.79 Å². The highest BCUT2D eigenvalue weighted by Crippen LogP contribution is 2.40. The molecule has 4 aromatic rings. The molecule has 0 saturated carbocycles. The first kappa shape index (κ1) is 21.9. The number of hydrogen-bond acceptors (Lipinski definition) is 2. The van der Waals surface area contributed by atoms with Crippen LogP contribution in [0.25, 0.3) is 22.6 Å². The van der Waals surface area contributed by atoms with E-state index in [0.29, 0.717) is 27.3 Å². The molecule has 1 N–H and O–H groups in total. The lowest BCUT2D eigenvalue weighted by Crippen LogP contribution is -2.03. The van der Waals surface area contributed by atoms with Gasteiger partial charge in [-0.15, -0.1) is 0 Å². The van der Waals surface area contributed by atoms with Gasteiger partial charge < -0.3 is 14.6 Å². The molecule has 0 spiro atoms. The van der Waals surface area contributed by atoms with Crippen LogP contribution in [-0.4, -0.2) is 17.6 Å². The van der Waals surface area contributed by atoms with Crippen LogP contribution in [0.3, 0.4) is 0 Å². The molecule has 166 valence electrons. The van der Waals surface area contributed by atoms with Crippen LogP contribution in [0.15, 0.2) is 54.6 Å². The van der Waals surface area contributed by atoms with Crippen LogP contribution >= 0.6 is 34.8 Å². The molecule has 33 heavy (non-hydrogen) atoms. The van der Waals surface area contributed by atoms with Crippen LogP contribution in [0, 0.1) is 6.92 Å². The van der Waals surface area contributed by atoms with Gasteiger partial charge in [0.1, 0.15) is 10.9 Å². The molecule has 4 nitrogen and oxygen atoms in total. The number of ether oxygens (including phenoxy) is 1. The van der Waals surface area contributed by atoms with Gasteiger partial charge in [0.05, 0.1) is 12.6 Å². The Balaban J connectivity index is 1.73. The topological polar surface area (TPSA) is 43.3 Å². The van der Waals surface area contributed by atoms with Gasteiger partial charge in [-0.1, -0.05) is 46.9 Å². The second-order valence-electron chi connectivity index (χ2n) is 7.96. The number of aromatic nitrogens is 1. The van der Waals surface area contributed by atoms with Crippen molar-refractivity contribution in [1.82, 2.24) is 4.57 Å². The second kappa shape index (κ2) is 8.45. The molecule has 0 fully saturated rings. The fraction of sp³-hybridized carbons (Fsp3) is 0.115. The molecule has 5 rings (SSSR count). The molecule has 0 unspecified atom stereocenters. The first-order valence-electron chi connectivity index (χ1n) is 10.3. The van der Waals surface area contributed by atoms with Crippen molar-refractivity contribution in [3.05, 3.63) is 92.0 Å². The summed E-state index contributed by atoms with van der Waals surface area (Å²) in [6, 6.07) is 17.0. The number of methoxy groups -OCH3 is 1. The lowest BCUT2D eigenvalue weighted by atomic mass is 10.0. The van der Waals surface area contributed by atoms with Crippen molar-refractivity contribution in [1.29, 1.82) is 0 Å². The first-order valence-corrected chi connectivity index (χ1v) is 11.4. The molecule has 1 aliphatic heterocycles. The number of amides is 1. The zero-order valence-electron chi connectivity index (χ0n) is 17.9. The first-order chi connectivity index (χ1) is 15.9. The number of benzene rings is 3. The van der Waals surface area contributed by atoms with E-state index in [1.54, 1.807) is 25.3 Å². The van der Waals surface area contributed by atoms with Crippen LogP contribution in [0.2, 0.25) is 15.2 Å². The minimum Gasteiger partial charge on any atom is -0.496 e. The van der Waals surface area contributed by atoms with Gasteiger partial charge in [0.25, 0.3) is 5.91 Å². The highest BCUT2D eigenvalue weighted by atomic mass is 35.5. The summed E-state index contributed by atoms with van der Waals surface area (Å²) in [6.45, 7) is 2.54.